The van der Waals surface area contributed by atoms with Gasteiger partial charge < -0.3 is 9.88 Å². The van der Waals surface area contributed by atoms with Gasteiger partial charge in [-0.15, -0.1) is 10.2 Å². The number of carbonyl (C=O) groups is 1. The number of thioether (sulfide) groups is 1. The van der Waals surface area contributed by atoms with E-state index in [0.717, 1.165) is 16.7 Å². The second-order valence-electron chi connectivity index (χ2n) is 6.60. The second-order valence-corrected chi connectivity index (χ2v) is 7.54. The lowest BCUT2D eigenvalue weighted by Gasteiger charge is -2.15. The van der Waals surface area contributed by atoms with Crippen LogP contribution in [0, 0.1) is 13.8 Å². The first-order valence-electron chi connectivity index (χ1n) is 8.24. The number of hydrogen-bond donors (Lipinski definition) is 1. The minimum Gasteiger partial charge on any atom is -0.325 e. The molecule has 0 atom stereocenters. The number of rotatable bonds is 6. The molecule has 1 aromatic heterocycles. The van der Waals surface area contributed by atoms with Crippen molar-refractivity contribution in [1.82, 2.24) is 14.8 Å². The van der Waals surface area contributed by atoms with Crippen molar-refractivity contribution in [3.63, 3.8) is 0 Å². The average molecular weight is 347 g/mol. The third-order valence-electron chi connectivity index (χ3n) is 3.85. The van der Waals surface area contributed by atoms with Crippen LogP contribution in [0.4, 0.5) is 5.69 Å². The maximum atomic E-state index is 12.2. The molecule has 0 aliphatic carbocycles. The van der Waals surface area contributed by atoms with Gasteiger partial charge in [-0.05, 0) is 51.0 Å². The third-order valence-corrected chi connectivity index (χ3v) is 4.79. The molecule has 5 nitrogen and oxygen atoms in total. The van der Waals surface area contributed by atoms with Crippen molar-refractivity contribution < 1.29 is 4.79 Å². The van der Waals surface area contributed by atoms with Crippen molar-refractivity contribution in [1.29, 1.82) is 0 Å². The van der Waals surface area contributed by atoms with E-state index in [-0.39, 0.29) is 11.9 Å². The fraction of sp³-hybridized carbons (Fsp3) is 0.500. The molecular weight excluding hydrogens is 320 g/mol. The number of nitrogens with zero attached hydrogens (tertiary/aromatic N) is 3. The van der Waals surface area contributed by atoms with Crippen LogP contribution < -0.4 is 5.32 Å². The van der Waals surface area contributed by atoms with E-state index < -0.39 is 0 Å². The first-order chi connectivity index (χ1) is 11.3. The van der Waals surface area contributed by atoms with Crippen LogP contribution in [0.5, 0.6) is 0 Å². The Morgan fingerprint density at radius 3 is 2.46 bits per heavy atom. The maximum Gasteiger partial charge on any atom is 0.234 e. The summed E-state index contributed by atoms with van der Waals surface area (Å²) in [5, 5.41) is 12.3. The molecule has 0 saturated heterocycles. The zero-order chi connectivity index (χ0) is 17.9. The molecule has 1 N–H and O–H groups in total. The predicted octanol–water partition coefficient (Wildman–Crippen LogP) is 4.33. The molecule has 0 bridgehead atoms. The molecule has 24 heavy (non-hydrogen) atoms. The molecule has 0 radical (unpaired) electrons. The summed E-state index contributed by atoms with van der Waals surface area (Å²) in [6.07, 6.45) is 0. The van der Waals surface area contributed by atoms with E-state index in [9.17, 15) is 4.79 Å². The molecule has 2 aromatic rings. The normalized spacial score (nSPS) is 11.3. The van der Waals surface area contributed by atoms with E-state index in [4.69, 9.17) is 0 Å². The molecule has 0 fully saturated rings. The Morgan fingerprint density at radius 1 is 1.17 bits per heavy atom. The van der Waals surface area contributed by atoms with Gasteiger partial charge in [-0.2, -0.15) is 0 Å². The summed E-state index contributed by atoms with van der Waals surface area (Å²) in [4.78, 5) is 12.2. The van der Waals surface area contributed by atoms with Gasteiger partial charge in [0.15, 0.2) is 5.16 Å². The van der Waals surface area contributed by atoms with Crippen molar-refractivity contribution in [3.8, 4) is 0 Å². The highest BCUT2D eigenvalue weighted by Gasteiger charge is 2.18. The number of benzene rings is 1. The van der Waals surface area contributed by atoms with Gasteiger partial charge in [0.05, 0.1) is 5.75 Å². The zero-order valence-corrected chi connectivity index (χ0v) is 16.1. The Hall–Kier alpha value is -1.82. The van der Waals surface area contributed by atoms with Gasteiger partial charge in [0.2, 0.25) is 5.91 Å². The second kappa shape index (κ2) is 7.83. The van der Waals surface area contributed by atoms with Crippen molar-refractivity contribution in [3.05, 3.63) is 35.2 Å². The molecule has 0 unspecified atom stereocenters. The van der Waals surface area contributed by atoms with E-state index in [0.29, 0.717) is 11.7 Å². The minimum absolute atomic E-state index is 0.0346. The molecule has 0 aliphatic heterocycles. The smallest absolute Gasteiger partial charge is 0.234 e. The molecule has 0 saturated carbocycles. The lowest BCUT2D eigenvalue weighted by atomic mass is 10.1. The quantitative estimate of drug-likeness (QED) is 0.791. The van der Waals surface area contributed by atoms with Crippen molar-refractivity contribution >= 4 is 23.4 Å². The minimum atomic E-state index is -0.0346. The van der Waals surface area contributed by atoms with E-state index >= 15 is 0 Å². The number of hydrogen-bond acceptors (Lipinski definition) is 4. The maximum absolute atomic E-state index is 12.2. The molecule has 0 aliphatic rings. The monoisotopic (exact) mass is 346 g/mol. The molecule has 0 spiro atoms. The summed E-state index contributed by atoms with van der Waals surface area (Å²) in [6.45, 7) is 12.5. The van der Waals surface area contributed by atoms with Crippen LogP contribution in [0.15, 0.2) is 23.4 Å². The van der Waals surface area contributed by atoms with Gasteiger partial charge in [0.25, 0.3) is 0 Å². The van der Waals surface area contributed by atoms with Crippen LogP contribution in [0.1, 0.15) is 56.6 Å². The SMILES string of the molecule is Cc1ccc(NC(=O)CSc2nnc(C(C)C)n2C(C)C)cc1C. The first kappa shape index (κ1) is 18.5. The fourth-order valence-corrected chi connectivity index (χ4v) is 3.29. The number of carbonyl (C=O) groups excluding carboxylic acids is 1. The van der Waals surface area contributed by atoms with Crippen LogP contribution in [0.3, 0.4) is 0 Å². The molecule has 1 heterocycles. The van der Waals surface area contributed by atoms with Crippen LogP contribution >= 0.6 is 11.8 Å². The topological polar surface area (TPSA) is 59.8 Å². The third kappa shape index (κ3) is 4.38. The van der Waals surface area contributed by atoms with Gasteiger partial charge >= 0.3 is 0 Å². The van der Waals surface area contributed by atoms with E-state index in [1.54, 1.807) is 0 Å². The van der Waals surface area contributed by atoms with Crippen LogP contribution in [0.2, 0.25) is 0 Å². The molecule has 2 rings (SSSR count). The largest absolute Gasteiger partial charge is 0.325 e. The standard InChI is InChI=1S/C18H26N4OS/c1-11(2)17-20-21-18(22(17)12(3)4)24-10-16(23)19-15-8-7-13(5)14(6)9-15/h7-9,11-12H,10H2,1-6H3,(H,19,23). The van der Waals surface area contributed by atoms with Gasteiger partial charge in [0, 0.05) is 17.6 Å². The van der Waals surface area contributed by atoms with Gasteiger partial charge in [-0.25, -0.2) is 0 Å². The molecule has 6 heteroatoms. The van der Waals surface area contributed by atoms with Crippen molar-refractivity contribution in [2.75, 3.05) is 11.1 Å². The Balaban J connectivity index is 2.02. The van der Waals surface area contributed by atoms with Gasteiger partial charge in [-0.1, -0.05) is 31.7 Å². The number of aromatic nitrogens is 3. The van der Waals surface area contributed by atoms with Crippen molar-refractivity contribution in [2.24, 2.45) is 0 Å². The lowest BCUT2D eigenvalue weighted by Crippen LogP contribution is -2.15. The predicted molar refractivity (Wildman–Crippen MR) is 99.8 cm³/mol. The number of anilines is 1. The highest BCUT2D eigenvalue weighted by atomic mass is 32.2. The highest BCUT2D eigenvalue weighted by Crippen LogP contribution is 2.25. The Morgan fingerprint density at radius 2 is 1.88 bits per heavy atom. The zero-order valence-electron chi connectivity index (χ0n) is 15.3. The molecule has 1 amide bonds. The summed E-state index contributed by atoms with van der Waals surface area (Å²) in [7, 11) is 0. The van der Waals surface area contributed by atoms with Crippen LogP contribution in [-0.2, 0) is 4.79 Å². The first-order valence-corrected chi connectivity index (χ1v) is 9.22. The summed E-state index contributed by atoms with van der Waals surface area (Å²) < 4.78 is 2.11. The van der Waals surface area contributed by atoms with E-state index in [1.165, 1.54) is 22.9 Å². The summed E-state index contributed by atoms with van der Waals surface area (Å²) in [5.74, 6) is 1.55. The van der Waals surface area contributed by atoms with Gasteiger partial charge in [-0.3, -0.25) is 4.79 Å². The summed E-state index contributed by atoms with van der Waals surface area (Å²) in [5.41, 5.74) is 3.21. The van der Waals surface area contributed by atoms with Crippen molar-refractivity contribution in [2.45, 2.75) is 58.7 Å². The Bertz CT molecular complexity index is 722. The average Bonchev–Trinajstić information content (AvgIpc) is 2.93. The molecular formula is C18H26N4OS. The number of amides is 1. The lowest BCUT2D eigenvalue weighted by molar-refractivity contribution is -0.113. The van der Waals surface area contributed by atoms with Crippen LogP contribution in [-0.4, -0.2) is 26.4 Å². The molecule has 1 aromatic carbocycles. The van der Waals surface area contributed by atoms with E-state index in [1.807, 2.05) is 25.1 Å². The van der Waals surface area contributed by atoms with Gasteiger partial charge in [0.1, 0.15) is 5.82 Å². The highest BCUT2D eigenvalue weighted by molar-refractivity contribution is 7.99. The Kier molecular flexibility index (Phi) is 6.04. The number of aryl methyl sites for hydroxylation is 2. The van der Waals surface area contributed by atoms with E-state index in [2.05, 4.69) is 54.7 Å². The molecule has 130 valence electrons. The summed E-state index contributed by atoms with van der Waals surface area (Å²) in [6, 6.07) is 6.20. The summed E-state index contributed by atoms with van der Waals surface area (Å²) >= 11 is 1.43. The Labute approximate surface area is 148 Å². The number of nitrogens with one attached hydrogen (secondary N) is 1. The van der Waals surface area contributed by atoms with Crippen LogP contribution in [0.25, 0.3) is 0 Å². The fourth-order valence-electron chi connectivity index (χ4n) is 2.41.